The maximum absolute atomic E-state index is 12.7. The number of amidine groups is 1. The van der Waals surface area contributed by atoms with Crippen LogP contribution in [0.3, 0.4) is 0 Å². The number of aliphatic imine (C=N–C) groups is 1. The van der Waals surface area contributed by atoms with Gasteiger partial charge < -0.3 is 0 Å². The summed E-state index contributed by atoms with van der Waals surface area (Å²) in [6, 6.07) is 7.73. The summed E-state index contributed by atoms with van der Waals surface area (Å²) in [6.45, 7) is 2.14. The van der Waals surface area contributed by atoms with Crippen molar-refractivity contribution in [3.63, 3.8) is 0 Å². The Hall–Kier alpha value is -1.00. The van der Waals surface area contributed by atoms with Crippen molar-refractivity contribution in [3.05, 3.63) is 29.3 Å². The zero-order valence-electron chi connectivity index (χ0n) is 12.1. The number of carbonyl (C=O) groups excluding carboxylic acids is 1. The lowest BCUT2D eigenvalue weighted by Gasteiger charge is -2.31. The molecule has 0 aromatic heterocycles. The Kier molecular flexibility index (Phi) is 4.55. The number of benzene rings is 1. The SMILES string of the molecule is CC[C@H]1CSC(=Nc2ccc(Cl)cc2)N1C(=O)C1CCC1. The van der Waals surface area contributed by atoms with Gasteiger partial charge in [-0.3, -0.25) is 9.69 Å². The number of amides is 1. The summed E-state index contributed by atoms with van der Waals surface area (Å²) in [5, 5.41) is 1.55. The third-order valence-corrected chi connectivity index (χ3v) is 5.54. The molecule has 1 aliphatic carbocycles. The summed E-state index contributed by atoms with van der Waals surface area (Å²) >= 11 is 7.59. The molecule has 3 rings (SSSR count). The number of halogens is 1. The number of hydrogen-bond donors (Lipinski definition) is 0. The molecule has 2 aliphatic rings. The van der Waals surface area contributed by atoms with Crippen molar-refractivity contribution in [3.8, 4) is 0 Å². The fraction of sp³-hybridized carbons (Fsp3) is 0.500. The molecule has 0 bridgehead atoms. The molecule has 1 saturated carbocycles. The summed E-state index contributed by atoms with van der Waals surface area (Å²) in [7, 11) is 0. The van der Waals surface area contributed by atoms with Crippen LogP contribution >= 0.6 is 23.4 Å². The first-order valence-electron chi connectivity index (χ1n) is 7.49. The van der Waals surface area contributed by atoms with Gasteiger partial charge in [0.2, 0.25) is 5.91 Å². The van der Waals surface area contributed by atoms with E-state index in [1.165, 1.54) is 6.42 Å². The van der Waals surface area contributed by atoms with Crippen molar-refractivity contribution < 1.29 is 4.79 Å². The molecule has 0 radical (unpaired) electrons. The highest BCUT2D eigenvalue weighted by Crippen LogP contribution is 2.35. The van der Waals surface area contributed by atoms with E-state index in [1.54, 1.807) is 11.8 Å². The average molecular weight is 323 g/mol. The second kappa shape index (κ2) is 6.41. The number of rotatable bonds is 3. The molecule has 1 aromatic rings. The highest BCUT2D eigenvalue weighted by atomic mass is 35.5. The summed E-state index contributed by atoms with van der Waals surface area (Å²) in [5.74, 6) is 1.43. The Morgan fingerprint density at radius 3 is 2.67 bits per heavy atom. The van der Waals surface area contributed by atoms with Crippen molar-refractivity contribution in [2.45, 2.75) is 38.6 Å². The standard InChI is InChI=1S/C16H19ClN2OS/c1-2-14-10-21-16(18-13-8-6-12(17)7-9-13)19(14)15(20)11-4-3-5-11/h6-9,11,14H,2-5,10H2,1H3/t14-/m0/s1. The maximum atomic E-state index is 12.7. The Morgan fingerprint density at radius 1 is 1.38 bits per heavy atom. The molecule has 1 aromatic carbocycles. The highest BCUT2D eigenvalue weighted by molar-refractivity contribution is 8.14. The number of nitrogens with zero attached hydrogens (tertiary/aromatic N) is 2. The molecule has 1 atom stereocenters. The topological polar surface area (TPSA) is 32.7 Å². The molecule has 0 spiro atoms. The first kappa shape index (κ1) is 14.9. The van der Waals surface area contributed by atoms with Crippen LogP contribution in [0.1, 0.15) is 32.6 Å². The van der Waals surface area contributed by atoms with Gasteiger partial charge in [-0.1, -0.05) is 36.7 Å². The Morgan fingerprint density at radius 2 is 2.10 bits per heavy atom. The van der Waals surface area contributed by atoms with Gasteiger partial charge in [-0.15, -0.1) is 0 Å². The van der Waals surface area contributed by atoms with Gasteiger partial charge in [0, 0.05) is 22.7 Å². The fourth-order valence-corrected chi connectivity index (χ4v) is 4.01. The lowest BCUT2D eigenvalue weighted by atomic mass is 9.84. The Labute approximate surface area is 134 Å². The lowest BCUT2D eigenvalue weighted by molar-refractivity contribution is -0.135. The van der Waals surface area contributed by atoms with Crippen LogP contribution in [0, 0.1) is 5.92 Å². The predicted molar refractivity (Wildman–Crippen MR) is 89.3 cm³/mol. The summed E-state index contributed by atoms with van der Waals surface area (Å²) in [6.07, 6.45) is 4.22. The molecule has 0 unspecified atom stereocenters. The summed E-state index contributed by atoms with van der Waals surface area (Å²) in [5.41, 5.74) is 0.852. The minimum Gasteiger partial charge on any atom is -0.287 e. The molecule has 21 heavy (non-hydrogen) atoms. The smallest absolute Gasteiger partial charge is 0.231 e. The van der Waals surface area contributed by atoms with Gasteiger partial charge in [-0.05, 0) is 43.5 Å². The van der Waals surface area contributed by atoms with E-state index >= 15 is 0 Å². The molecule has 3 nitrogen and oxygen atoms in total. The van der Waals surface area contributed by atoms with Gasteiger partial charge in [0.15, 0.2) is 5.17 Å². The van der Waals surface area contributed by atoms with Crippen molar-refractivity contribution >= 4 is 40.1 Å². The van der Waals surface area contributed by atoms with Gasteiger partial charge in [0.25, 0.3) is 0 Å². The van der Waals surface area contributed by atoms with E-state index in [-0.39, 0.29) is 17.9 Å². The molecule has 5 heteroatoms. The van der Waals surface area contributed by atoms with E-state index in [0.29, 0.717) is 5.02 Å². The van der Waals surface area contributed by atoms with E-state index < -0.39 is 0 Å². The Bertz CT molecular complexity index is 554. The first-order chi connectivity index (χ1) is 10.2. The number of hydrogen-bond acceptors (Lipinski definition) is 3. The minimum atomic E-state index is 0.216. The molecule has 2 fully saturated rings. The van der Waals surface area contributed by atoms with Gasteiger partial charge in [0.1, 0.15) is 0 Å². The van der Waals surface area contributed by atoms with Crippen LogP contribution < -0.4 is 0 Å². The van der Waals surface area contributed by atoms with Crippen LogP contribution in [0.15, 0.2) is 29.3 Å². The average Bonchev–Trinajstić information content (AvgIpc) is 2.82. The third kappa shape index (κ3) is 3.11. The van der Waals surface area contributed by atoms with E-state index in [4.69, 9.17) is 11.6 Å². The normalized spacial score (nSPS) is 24.4. The molecule has 1 saturated heterocycles. The van der Waals surface area contributed by atoms with Crippen molar-refractivity contribution in [1.29, 1.82) is 0 Å². The zero-order chi connectivity index (χ0) is 14.8. The molecular formula is C16H19ClN2OS. The lowest BCUT2D eigenvalue weighted by Crippen LogP contribution is -2.44. The monoisotopic (exact) mass is 322 g/mol. The largest absolute Gasteiger partial charge is 0.287 e. The second-order valence-corrected chi connectivity index (χ2v) is 7.00. The van der Waals surface area contributed by atoms with Crippen LogP contribution in [-0.4, -0.2) is 27.8 Å². The molecule has 0 N–H and O–H groups in total. The van der Waals surface area contributed by atoms with Crippen molar-refractivity contribution in [2.24, 2.45) is 10.9 Å². The van der Waals surface area contributed by atoms with Crippen LogP contribution in [-0.2, 0) is 4.79 Å². The van der Waals surface area contributed by atoms with Gasteiger partial charge in [-0.2, -0.15) is 0 Å². The first-order valence-corrected chi connectivity index (χ1v) is 8.85. The quantitative estimate of drug-likeness (QED) is 0.821. The number of carbonyl (C=O) groups is 1. The molecular weight excluding hydrogens is 304 g/mol. The van der Waals surface area contributed by atoms with E-state index in [0.717, 1.165) is 35.9 Å². The van der Waals surface area contributed by atoms with Crippen LogP contribution in [0.25, 0.3) is 0 Å². The van der Waals surface area contributed by atoms with Gasteiger partial charge >= 0.3 is 0 Å². The van der Waals surface area contributed by atoms with Gasteiger partial charge in [-0.25, -0.2) is 4.99 Å². The minimum absolute atomic E-state index is 0.216. The number of thioether (sulfide) groups is 1. The summed E-state index contributed by atoms with van der Waals surface area (Å²) in [4.78, 5) is 19.3. The van der Waals surface area contributed by atoms with E-state index in [9.17, 15) is 4.79 Å². The molecule has 1 amide bonds. The second-order valence-electron chi connectivity index (χ2n) is 5.58. The highest BCUT2D eigenvalue weighted by Gasteiger charge is 2.39. The third-order valence-electron chi connectivity index (χ3n) is 4.19. The molecule has 112 valence electrons. The summed E-state index contributed by atoms with van der Waals surface area (Å²) < 4.78 is 0. The Balaban J connectivity index is 1.85. The van der Waals surface area contributed by atoms with Crippen LogP contribution in [0.4, 0.5) is 5.69 Å². The molecule has 1 heterocycles. The fourth-order valence-electron chi connectivity index (χ4n) is 2.61. The molecule has 1 aliphatic heterocycles. The van der Waals surface area contributed by atoms with E-state index in [2.05, 4.69) is 11.9 Å². The van der Waals surface area contributed by atoms with Crippen LogP contribution in [0.2, 0.25) is 5.02 Å². The van der Waals surface area contributed by atoms with Crippen molar-refractivity contribution in [1.82, 2.24) is 4.90 Å². The van der Waals surface area contributed by atoms with Crippen molar-refractivity contribution in [2.75, 3.05) is 5.75 Å². The van der Waals surface area contributed by atoms with E-state index in [1.807, 2.05) is 29.2 Å². The zero-order valence-corrected chi connectivity index (χ0v) is 13.7. The van der Waals surface area contributed by atoms with Crippen LogP contribution in [0.5, 0.6) is 0 Å². The predicted octanol–water partition coefficient (Wildman–Crippen LogP) is 4.48. The maximum Gasteiger partial charge on any atom is 0.231 e. The van der Waals surface area contributed by atoms with Gasteiger partial charge in [0.05, 0.1) is 5.69 Å².